The van der Waals surface area contributed by atoms with Crippen LogP contribution in [0.3, 0.4) is 0 Å². The average molecular weight is 324 g/mol. The van der Waals surface area contributed by atoms with E-state index in [1.54, 1.807) is 6.33 Å². The average Bonchev–Trinajstić information content (AvgIpc) is 2.98. The quantitative estimate of drug-likeness (QED) is 0.864. The number of aromatic nitrogens is 4. The zero-order chi connectivity index (χ0) is 16.7. The molecule has 6 nitrogen and oxygen atoms in total. The Labute approximate surface area is 143 Å². The van der Waals surface area contributed by atoms with Crippen LogP contribution in [-0.2, 0) is 0 Å². The maximum Gasteiger partial charge on any atom is 0.225 e. The number of rotatable bonds is 3. The fourth-order valence-electron chi connectivity index (χ4n) is 4.18. The van der Waals surface area contributed by atoms with Crippen molar-refractivity contribution < 1.29 is 0 Å². The first-order valence-corrected chi connectivity index (χ1v) is 8.61. The van der Waals surface area contributed by atoms with Crippen LogP contribution >= 0.6 is 0 Å². The first kappa shape index (κ1) is 15.3. The first-order chi connectivity index (χ1) is 11.5. The summed E-state index contributed by atoms with van der Waals surface area (Å²) >= 11 is 0. The molecule has 2 aromatic heterocycles. The molecule has 0 atom stereocenters. The first-order valence-electron chi connectivity index (χ1n) is 8.61. The lowest BCUT2D eigenvalue weighted by molar-refractivity contribution is 0.128. The summed E-state index contributed by atoms with van der Waals surface area (Å²) in [6.45, 7) is 6.22. The molecule has 0 N–H and O–H groups in total. The molecule has 1 aliphatic heterocycles. The predicted octanol–water partition coefficient (Wildman–Crippen LogP) is 2.38. The van der Waals surface area contributed by atoms with Gasteiger partial charge in [-0.25, -0.2) is 19.9 Å². The molecule has 1 saturated heterocycles. The third-order valence-corrected chi connectivity index (χ3v) is 5.50. The third kappa shape index (κ3) is 2.70. The Hall–Kier alpha value is -2.24. The van der Waals surface area contributed by atoms with Crippen LogP contribution in [0.15, 0.2) is 24.7 Å². The predicted molar refractivity (Wildman–Crippen MR) is 94.2 cm³/mol. The van der Waals surface area contributed by atoms with E-state index in [4.69, 9.17) is 0 Å². The van der Waals surface area contributed by atoms with E-state index in [2.05, 4.69) is 36.8 Å². The van der Waals surface area contributed by atoms with E-state index < -0.39 is 0 Å². The van der Waals surface area contributed by atoms with E-state index in [1.165, 1.54) is 19.3 Å². The molecule has 2 aromatic rings. The lowest BCUT2D eigenvalue weighted by atomic mass is 9.64. The molecule has 4 rings (SSSR count). The Kier molecular flexibility index (Phi) is 3.62. The molecule has 1 saturated carbocycles. The minimum absolute atomic E-state index is 0.424. The van der Waals surface area contributed by atoms with E-state index in [-0.39, 0.29) is 0 Å². The molecule has 1 spiro atoms. The number of hydrogen-bond acceptors (Lipinski definition) is 6. The zero-order valence-corrected chi connectivity index (χ0v) is 14.6. The van der Waals surface area contributed by atoms with Gasteiger partial charge in [0.1, 0.15) is 12.1 Å². The van der Waals surface area contributed by atoms with E-state index in [0.717, 1.165) is 36.2 Å². The SMILES string of the molecule is Cc1cc(C)nc(N2CCC3(CC(N(C)c4ccncn4)C3)C2)n1. The standard InChI is InChI=1S/C18H24N6/c1-13-8-14(2)22-17(21-13)24-7-5-18(11-24)9-15(10-18)23(3)16-4-6-19-12-20-16/h4,6,8,12,15H,5,7,9-11H2,1-3H3. The summed E-state index contributed by atoms with van der Waals surface area (Å²) in [7, 11) is 2.14. The van der Waals surface area contributed by atoms with E-state index in [9.17, 15) is 0 Å². The molecule has 2 aliphatic rings. The normalized spacial score (nSPS) is 25.8. The zero-order valence-electron chi connectivity index (χ0n) is 14.6. The summed E-state index contributed by atoms with van der Waals surface area (Å²) < 4.78 is 0. The molecule has 1 aliphatic carbocycles. The van der Waals surface area contributed by atoms with Gasteiger partial charge in [-0.15, -0.1) is 0 Å². The van der Waals surface area contributed by atoms with Gasteiger partial charge in [-0.1, -0.05) is 0 Å². The second kappa shape index (κ2) is 5.69. The molecule has 3 heterocycles. The highest BCUT2D eigenvalue weighted by molar-refractivity contribution is 5.40. The van der Waals surface area contributed by atoms with Gasteiger partial charge >= 0.3 is 0 Å². The van der Waals surface area contributed by atoms with Crippen LogP contribution in [0.4, 0.5) is 11.8 Å². The summed E-state index contributed by atoms with van der Waals surface area (Å²) in [5.41, 5.74) is 2.52. The smallest absolute Gasteiger partial charge is 0.225 e. The maximum absolute atomic E-state index is 4.63. The molecule has 0 radical (unpaired) electrons. The molecule has 0 unspecified atom stereocenters. The number of anilines is 2. The van der Waals surface area contributed by atoms with Gasteiger partial charge in [0.2, 0.25) is 5.95 Å². The number of nitrogens with zero attached hydrogens (tertiary/aromatic N) is 6. The van der Waals surface area contributed by atoms with Crippen LogP contribution in [0.25, 0.3) is 0 Å². The minimum Gasteiger partial charge on any atom is -0.357 e. The highest BCUT2D eigenvalue weighted by Crippen LogP contribution is 2.50. The molecular weight excluding hydrogens is 300 g/mol. The molecule has 6 heteroatoms. The largest absolute Gasteiger partial charge is 0.357 e. The van der Waals surface area contributed by atoms with Crippen molar-refractivity contribution in [2.75, 3.05) is 29.9 Å². The number of aryl methyl sites for hydroxylation is 2. The van der Waals surface area contributed by atoms with Gasteiger partial charge in [0.15, 0.2) is 0 Å². The fourth-order valence-corrected chi connectivity index (χ4v) is 4.18. The Morgan fingerprint density at radius 3 is 2.62 bits per heavy atom. The van der Waals surface area contributed by atoms with Gasteiger partial charge in [-0.2, -0.15) is 0 Å². The van der Waals surface area contributed by atoms with Crippen LogP contribution < -0.4 is 9.80 Å². The van der Waals surface area contributed by atoms with Crippen molar-refractivity contribution in [3.8, 4) is 0 Å². The number of hydrogen-bond donors (Lipinski definition) is 0. The van der Waals surface area contributed by atoms with Crippen molar-refractivity contribution in [1.82, 2.24) is 19.9 Å². The van der Waals surface area contributed by atoms with E-state index in [1.807, 2.05) is 32.2 Å². The topological polar surface area (TPSA) is 58.0 Å². The Morgan fingerprint density at radius 2 is 1.96 bits per heavy atom. The Balaban J connectivity index is 1.41. The lowest BCUT2D eigenvalue weighted by Crippen LogP contribution is -2.51. The molecule has 0 amide bonds. The van der Waals surface area contributed by atoms with Crippen molar-refractivity contribution >= 4 is 11.8 Å². The summed E-state index contributed by atoms with van der Waals surface area (Å²) in [5.74, 6) is 1.91. The van der Waals surface area contributed by atoms with Crippen molar-refractivity contribution in [2.45, 2.75) is 39.2 Å². The summed E-state index contributed by atoms with van der Waals surface area (Å²) in [4.78, 5) is 22.3. The Morgan fingerprint density at radius 1 is 1.21 bits per heavy atom. The molecule has 0 aromatic carbocycles. The minimum atomic E-state index is 0.424. The van der Waals surface area contributed by atoms with Gasteiger partial charge in [0.05, 0.1) is 0 Å². The highest BCUT2D eigenvalue weighted by atomic mass is 15.3. The monoisotopic (exact) mass is 324 g/mol. The summed E-state index contributed by atoms with van der Waals surface area (Å²) in [6, 6.07) is 4.58. The van der Waals surface area contributed by atoms with Crippen LogP contribution in [0.1, 0.15) is 30.7 Å². The van der Waals surface area contributed by atoms with Gasteiger partial charge < -0.3 is 9.80 Å². The third-order valence-electron chi connectivity index (χ3n) is 5.50. The van der Waals surface area contributed by atoms with E-state index >= 15 is 0 Å². The second-order valence-corrected chi connectivity index (χ2v) is 7.36. The fraction of sp³-hybridized carbons (Fsp3) is 0.556. The molecule has 126 valence electrons. The van der Waals surface area contributed by atoms with Crippen LogP contribution in [0, 0.1) is 19.3 Å². The summed E-state index contributed by atoms with van der Waals surface area (Å²) in [5, 5.41) is 0. The van der Waals surface area contributed by atoms with Crippen LogP contribution in [-0.4, -0.2) is 46.1 Å². The van der Waals surface area contributed by atoms with Crippen molar-refractivity contribution in [2.24, 2.45) is 5.41 Å². The summed E-state index contributed by atoms with van der Waals surface area (Å²) in [6.07, 6.45) is 7.10. The molecule has 24 heavy (non-hydrogen) atoms. The van der Waals surface area contributed by atoms with Crippen molar-refractivity contribution in [1.29, 1.82) is 0 Å². The molecule has 0 bridgehead atoms. The van der Waals surface area contributed by atoms with Gasteiger partial charge in [0.25, 0.3) is 0 Å². The lowest BCUT2D eigenvalue weighted by Gasteiger charge is -2.49. The van der Waals surface area contributed by atoms with Crippen LogP contribution in [0.5, 0.6) is 0 Å². The molecular formula is C18H24N6. The van der Waals surface area contributed by atoms with Gasteiger partial charge in [-0.3, -0.25) is 0 Å². The van der Waals surface area contributed by atoms with Crippen molar-refractivity contribution in [3.63, 3.8) is 0 Å². The van der Waals surface area contributed by atoms with Crippen LogP contribution in [0.2, 0.25) is 0 Å². The van der Waals surface area contributed by atoms with E-state index in [0.29, 0.717) is 11.5 Å². The van der Waals surface area contributed by atoms with Gasteiger partial charge in [0, 0.05) is 43.8 Å². The van der Waals surface area contributed by atoms with Gasteiger partial charge in [-0.05, 0) is 50.7 Å². The maximum atomic E-state index is 4.63. The highest BCUT2D eigenvalue weighted by Gasteiger charge is 2.50. The molecule has 2 fully saturated rings. The second-order valence-electron chi connectivity index (χ2n) is 7.36. The van der Waals surface area contributed by atoms with Crippen molar-refractivity contribution in [3.05, 3.63) is 36.0 Å². The Bertz CT molecular complexity index is 705.